The molecule has 0 heterocycles. The summed E-state index contributed by atoms with van der Waals surface area (Å²) < 4.78 is 4.73. The minimum absolute atomic E-state index is 0.0784. The summed E-state index contributed by atoms with van der Waals surface area (Å²) in [7, 11) is 1.40. The van der Waals surface area contributed by atoms with Gasteiger partial charge in [0.1, 0.15) is 6.07 Å². The van der Waals surface area contributed by atoms with Gasteiger partial charge in [0, 0.05) is 0 Å². The van der Waals surface area contributed by atoms with E-state index < -0.39 is 0 Å². The molecule has 0 saturated heterocycles. The van der Waals surface area contributed by atoms with E-state index in [9.17, 15) is 4.79 Å². The van der Waals surface area contributed by atoms with E-state index in [1.807, 2.05) is 26.2 Å². The highest BCUT2D eigenvalue weighted by Gasteiger charge is 2.61. The van der Waals surface area contributed by atoms with Crippen molar-refractivity contribution in [1.82, 2.24) is 0 Å². The maximum Gasteiger partial charge on any atom is 0.309 e. The molecule has 3 nitrogen and oxygen atoms in total. The van der Waals surface area contributed by atoms with Crippen molar-refractivity contribution in [2.75, 3.05) is 13.4 Å². The SMILES string of the molecule is COC(=O)[C@@H]1[C@@H](C=C(C#N)SC)C1(C)C. The van der Waals surface area contributed by atoms with Crippen LogP contribution in [0.3, 0.4) is 0 Å². The summed E-state index contributed by atoms with van der Waals surface area (Å²) in [5.74, 6) is -0.148. The van der Waals surface area contributed by atoms with Crippen LogP contribution >= 0.6 is 11.8 Å². The molecule has 15 heavy (non-hydrogen) atoms. The number of carbonyl (C=O) groups is 1. The van der Waals surface area contributed by atoms with Crippen molar-refractivity contribution in [2.45, 2.75) is 13.8 Å². The number of allylic oxidation sites excluding steroid dienone is 2. The molecule has 0 amide bonds. The van der Waals surface area contributed by atoms with Crippen LogP contribution in [-0.2, 0) is 9.53 Å². The van der Waals surface area contributed by atoms with Crippen LogP contribution < -0.4 is 0 Å². The molecule has 0 aromatic rings. The molecule has 0 aromatic heterocycles. The third-order valence-corrected chi connectivity index (χ3v) is 3.69. The normalized spacial score (nSPS) is 28.1. The highest BCUT2D eigenvalue weighted by atomic mass is 32.2. The zero-order valence-electron chi connectivity index (χ0n) is 9.40. The van der Waals surface area contributed by atoms with Gasteiger partial charge in [-0.1, -0.05) is 19.9 Å². The van der Waals surface area contributed by atoms with Crippen molar-refractivity contribution in [3.05, 3.63) is 11.0 Å². The predicted octanol–water partition coefficient (Wildman–Crippen LogP) is 2.20. The molecule has 0 aliphatic heterocycles. The van der Waals surface area contributed by atoms with Gasteiger partial charge in [0.15, 0.2) is 0 Å². The fraction of sp³-hybridized carbons (Fsp3) is 0.636. The Hall–Kier alpha value is -0.950. The molecule has 1 aliphatic carbocycles. The number of esters is 1. The highest BCUT2D eigenvalue weighted by Crippen LogP contribution is 2.60. The average molecular weight is 225 g/mol. The molecule has 0 bridgehead atoms. The van der Waals surface area contributed by atoms with E-state index in [1.165, 1.54) is 18.9 Å². The molecule has 1 fully saturated rings. The summed E-state index contributed by atoms with van der Waals surface area (Å²) in [6.45, 7) is 4.04. The lowest BCUT2D eigenvalue weighted by atomic mass is 10.1. The van der Waals surface area contributed by atoms with Gasteiger partial charge in [0.2, 0.25) is 0 Å². The van der Waals surface area contributed by atoms with Gasteiger partial charge in [-0.2, -0.15) is 5.26 Å². The van der Waals surface area contributed by atoms with Gasteiger partial charge in [0.05, 0.1) is 17.9 Å². The fourth-order valence-corrected chi connectivity index (χ4v) is 2.25. The Morgan fingerprint density at radius 2 is 2.20 bits per heavy atom. The van der Waals surface area contributed by atoms with Gasteiger partial charge in [-0.3, -0.25) is 4.79 Å². The summed E-state index contributed by atoms with van der Waals surface area (Å²) in [5, 5.41) is 8.80. The van der Waals surface area contributed by atoms with Gasteiger partial charge in [-0.15, -0.1) is 11.8 Å². The third-order valence-electron chi connectivity index (χ3n) is 3.03. The number of nitrogens with zero attached hydrogens (tertiary/aromatic N) is 1. The Labute approximate surface area is 94.5 Å². The second kappa shape index (κ2) is 4.28. The van der Waals surface area contributed by atoms with Crippen LogP contribution in [0, 0.1) is 28.6 Å². The number of ether oxygens (including phenoxy) is 1. The minimum Gasteiger partial charge on any atom is -0.469 e. The van der Waals surface area contributed by atoms with Crippen LogP contribution in [0.25, 0.3) is 0 Å². The van der Waals surface area contributed by atoms with Crippen molar-refractivity contribution >= 4 is 17.7 Å². The first kappa shape index (κ1) is 12.1. The van der Waals surface area contributed by atoms with Gasteiger partial charge in [-0.05, 0) is 17.6 Å². The van der Waals surface area contributed by atoms with E-state index in [-0.39, 0.29) is 23.2 Å². The number of carbonyl (C=O) groups excluding carboxylic acids is 1. The highest BCUT2D eigenvalue weighted by molar-refractivity contribution is 8.02. The van der Waals surface area contributed by atoms with Crippen LogP contribution in [-0.4, -0.2) is 19.3 Å². The molecule has 1 aliphatic rings. The van der Waals surface area contributed by atoms with Crippen molar-refractivity contribution in [1.29, 1.82) is 5.26 Å². The van der Waals surface area contributed by atoms with Crippen LogP contribution in [0.5, 0.6) is 0 Å². The van der Waals surface area contributed by atoms with Crippen molar-refractivity contribution in [3.63, 3.8) is 0 Å². The summed E-state index contributed by atoms with van der Waals surface area (Å²) >= 11 is 1.41. The van der Waals surface area contributed by atoms with E-state index in [0.29, 0.717) is 4.91 Å². The second-order valence-electron chi connectivity index (χ2n) is 4.19. The van der Waals surface area contributed by atoms with Gasteiger partial charge < -0.3 is 4.74 Å². The first-order valence-corrected chi connectivity index (χ1v) is 5.95. The topological polar surface area (TPSA) is 50.1 Å². The fourth-order valence-electron chi connectivity index (χ4n) is 1.88. The number of nitriles is 1. The number of methoxy groups -OCH3 is 1. The Balaban J connectivity index is 2.80. The Bertz CT molecular complexity index is 341. The van der Waals surface area contributed by atoms with Crippen molar-refractivity contribution < 1.29 is 9.53 Å². The quantitative estimate of drug-likeness (QED) is 0.546. The van der Waals surface area contributed by atoms with E-state index in [2.05, 4.69) is 6.07 Å². The first-order valence-electron chi connectivity index (χ1n) is 4.72. The standard InChI is InChI=1S/C11H15NO2S/c1-11(2)8(5-7(6-12)15-4)9(11)10(13)14-3/h5,8-9H,1-4H3/t8-,9+/m1/s1. The summed E-state index contributed by atoms with van der Waals surface area (Å²) in [6, 6.07) is 2.11. The minimum atomic E-state index is -0.181. The maximum absolute atomic E-state index is 11.4. The van der Waals surface area contributed by atoms with Gasteiger partial charge in [0.25, 0.3) is 0 Å². The monoisotopic (exact) mass is 225 g/mol. The first-order chi connectivity index (χ1) is 6.98. The molecule has 1 rings (SSSR count). The molecule has 82 valence electrons. The number of hydrogen-bond donors (Lipinski definition) is 0. The van der Waals surface area contributed by atoms with E-state index >= 15 is 0 Å². The van der Waals surface area contributed by atoms with E-state index in [0.717, 1.165) is 0 Å². The molecule has 4 heteroatoms. The van der Waals surface area contributed by atoms with E-state index in [1.54, 1.807) is 0 Å². The lowest BCUT2D eigenvalue weighted by Gasteiger charge is -1.99. The second-order valence-corrected chi connectivity index (χ2v) is 5.04. The Kier molecular flexibility index (Phi) is 3.46. The maximum atomic E-state index is 11.4. The molecule has 0 aromatic carbocycles. The third kappa shape index (κ3) is 2.18. The number of thioether (sulfide) groups is 1. The molecule has 1 saturated carbocycles. The van der Waals surface area contributed by atoms with Crippen LogP contribution in [0.2, 0.25) is 0 Å². The lowest BCUT2D eigenvalue weighted by molar-refractivity contribution is -0.143. The van der Waals surface area contributed by atoms with Crippen LogP contribution in [0.4, 0.5) is 0 Å². The van der Waals surface area contributed by atoms with E-state index in [4.69, 9.17) is 10.00 Å². The molecule has 2 atom stereocenters. The molecule has 0 N–H and O–H groups in total. The summed E-state index contributed by atoms with van der Waals surface area (Å²) in [4.78, 5) is 12.1. The average Bonchev–Trinajstić information content (AvgIpc) is 2.75. The Morgan fingerprint density at radius 1 is 1.60 bits per heavy atom. The zero-order valence-corrected chi connectivity index (χ0v) is 10.2. The van der Waals surface area contributed by atoms with Crippen LogP contribution in [0.15, 0.2) is 11.0 Å². The largest absolute Gasteiger partial charge is 0.469 e. The molecule has 0 unspecified atom stereocenters. The molecular formula is C11H15NO2S. The van der Waals surface area contributed by atoms with Crippen LogP contribution in [0.1, 0.15) is 13.8 Å². The lowest BCUT2D eigenvalue weighted by Crippen LogP contribution is -2.07. The van der Waals surface area contributed by atoms with Gasteiger partial charge in [-0.25, -0.2) is 0 Å². The number of hydrogen-bond acceptors (Lipinski definition) is 4. The Morgan fingerprint density at radius 3 is 2.60 bits per heavy atom. The number of rotatable bonds is 3. The summed E-state index contributed by atoms with van der Waals surface area (Å²) in [5.41, 5.74) is -0.0784. The molecule has 0 spiro atoms. The molecule has 0 radical (unpaired) electrons. The summed E-state index contributed by atoms with van der Waals surface area (Å²) in [6.07, 6.45) is 3.74. The smallest absolute Gasteiger partial charge is 0.309 e. The van der Waals surface area contributed by atoms with Crippen molar-refractivity contribution in [2.24, 2.45) is 17.3 Å². The van der Waals surface area contributed by atoms with Crippen molar-refractivity contribution in [3.8, 4) is 6.07 Å². The zero-order chi connectivity index (χ0) is 11.6. The van der Waals surface area contributed by atoms with Gasteiger partial charge >= 0.3 is 5.97 Å². The molecular weight excluding hydrogens is 210 g/mol. The predicted molar refractivity (Wildman–Crippen MR) is 60.0 cm³/mol.